The van der Waals surface area contributed by atoms with Gasteiger partial charge in [0.25, 0.3) is 0 Å². The van der Waals surface area contributed by atoms with Crippen LogP contribution in [0.1, 0.15) is 5.56 Å². The number of hydrogen-bond acceptors (Lipinski definition) is 2. The normalized spacial score (nSPS) is 13.4. The van der Waals surface area contributed by atoms with E-state index < -0.39 is 0 Å². The van der Waals surface area contributed by atoms with Crippen LogP contribution in [0.5, 0.6) is 0 Å². The summed E-state index contributed by atoms with van der Waals surface area (Å²) in [5.74, 6) is -0.201. The number of anilines is 3. The second kappa shape index (κ2) is 5.28. The summed E-state index contributed by atoms with van der Waals surface area (Å²) in [5.41, 5.74) is 3.17. The van der Waals surface area contributed by atoms with Gasteiger partial charge in [0.2, 0.25) is 5.91 Å². The van der Waals surface area contributed by atoms with E-state index in [1.165, 1.54) is 4.90 Å². The SMILES string of the molecule is Cc1ccc(NC(=O)N2CC(=O)Nc3ccccc32)cc1. The zero-order valence-corrected chi connectivity index (χ0v) is 11.6. The van der Waals surface area contributed by atoms with Gasteiger partial charge in [0, 0.05) is 5.69 Å². The van der Waals surface area contributed by atoms with E-state index >= 15 is 0 Å². The molecule has 0 spiro atoms. The summed E-state index contributed by atoms with van der Waals surface area (Å²) in [7, 11) is 0. The molecule has 2 aromatic rings. The maximum Gasteiger partial charge on any atom is 0.326 e. The molecule has 1 heterocycles. The van der Waals surface area contributed by atoms with Crippen LogP contribution < -0.4 is 15.5 Å². The molecule has 0 aromatic heterocycles. The fourth-order valence-corrected chi connectivity index (χ4v) is 2.24. The summed E-state index contributed by atoms with van der Waals surface area (Å²) < 4.78 is 0. The first-order chi connectivity index (χ1) is 10.1. The fraction of sp³-hybridized carbons (Fsp3) is 0.125. The zero-order valence-electron chi connectivity index (χ0n) is 11.6. The number of urea groups is 1. The predicted octanol–water partition coefficient (Wildman–Crippen LogP) is 2.99. The molecule has 21 heavy (non-hydrogen) atoms. The smallest absolute Gasteiger partial charge is 0.323 e. The summed E-state index contributed by atoms with van der Waals surface area (Å²) >= 11 is 0. The Kier molecular flexibility index (Phi) is 3.31. The zero-order chi connectivity index (χ0) is 14.8. The standard InChI is InChI=1S/C16H15N3O2/c1-11-6-8-12(9-7-11)17-16(21)19-10-15(20)18-13-4-2-3-5-14(13)19/h2-9H,10H2,1H3,(H,17,21)(H,18,20). The lowest BCUT2D eigenvalue weighted by Gasteiger charge is -2.29. The minimum Gasteiger partial charge on any atom is -0.323 e. The number of aryl methyl sites for hydroxylation is 1. The Morgan fingerprint density at radius 1 is 1.14 bits per heavy atom. The van der Waals surface area contributed by atoms with Crippen LogP contribution in [-0.2, 0) is 4.79 Å². The van der Waals surface area contributed by atoms with Gasteiger partial charge in [-0.15, -0.1) is 0 Å². The van der Waals surface area contributed by atoms with Crippen molar-refractivity contribution in [3.05, 3.63) is 54.1 Å². The second-order valence-corrected chi connectivity index (χ2v) is 4.95. The minimum absolute atomic E-state index is 0.00864. The quantitative estimate of drug-likeness (QED) is 0.844. The molecule has 0 atom stereocenters. The number of para-hydroxylation sites is 2. The van der Waals surface area contributed by atoms with E-state index in [1.807, 2.05) is 49.4 Å². The summed E-state index contributed by atoms with van der Waals surface area (Å²) in [6, 6.07) is 14.4. The summed E-state index contributed by atoms with van der Waals surface area (Å²) in [5, 5.41) is 5.56. The van der Waals surface area contributed by atoms with Crippen LogP contribution in [0.4, 0.5) is 21.9 Å². The molecule has 106 valence electrons. The van der Waals surface area contributed by atoms with E-state index in [-0.39, 0.29) is 18.5 Å². The van der Waals surface area contributed by atoms with Crippen LogP contribution in [0.25, 0.3) is 0 Å². The van der Waals surface area contributed by atoms with Gasteiger partial charge in [0.15, 0.2) is 0 Å². The van der Waals surface area contributed by atoms with E-state index in [0.29, 0.717) is 17.1 Å². The molecule has 1 aliphatic heterocycles. The summed E-state index contributed by atoms with van der Waals surface area (Å²) in [6.45, 7) is 1.99. The Balaban J connectivity index is 1.84. The van der Waals surface area contributed by atoms with E-state index in [2.05, 4.69) is 10.6 Å². The number of carbonyl (C=O) groups is 2. The van der Waals surface area contributed by atoms with Crippen molar-refractivity contribution in [2.24, 2.45) is 0 Å². The van der Waals surface area contributed by atoms with Crippen LogP contribution in [0.3, 0.4) is 0 Å². The van der Waals surface area contributed by atoms with Gasteiger partial charge in [-0.05, 0) is 31.2 Å². The molecule has 5 heteroatoms. The first-order valence-corrected chi connectivity index (χ1v) is 6.67. The Bertz CT molecular complexity index is 695. The lowest BCUT2D eigenvalue weighted by molar-refractivity contribution is -0.115. The monoisotopic (exact) mass is 281 g/mol. The average Bonchev–Trinajstić information content (AvgIpc) is 2.48. The van der Waals surface area contributed by atoms with Crippen LogP contribution >= 0.6 is 0 Å². The minimum atomic E-state index is -0.318. The third-order valence-corrected chi connectivity index (χ3v) is 3.32. The van der Waals surface area contributed by atoms with Crippen LogP contribution in [0.15, 0.2) is 48.5 Å². The Hall–Kier alpha value is -2.82. The van der Waals surface area contributed by atoms with Crippen molar-refractivity contribution in [2.45, 2.75) is 6.92 Å². The van der Waals surface area contributed by atoms with Gasteiger partial charge in [0.1, 0.15) is 6.54 Å². The van der Waals surface area contributed by atoms with E-state index in [9.17, 15) is 9.59 Å². The van der Waals surface area contributed by atoms with Gasteiger partial charge in [-0.3, -0.25) is 9.69 Å². The van der Waals surface area contributed by atoms with Crippen molar-refractivity contribution in [1.29, 1.82) is 0 Å². The van der Waals surface area contributed by atoms with E-state index in [4.69, 9.17) is 0 Å². The number of benzene rings is 2. The first kappa shape index (κ1) is 13.2. The topological polar surface area (TPSA) is 61.4 Å². The van der Waals surface area contributed by atoms with Crippen LogP contribution in [-0.4, -0.2) is 18.5 Å². The number of nitrogens with zero attached hydrogens (tertiary/aromatic N) is 1. The van der Waals surface area contributed by atoms with Gasteiger partial charge in [-0.25, -0.2) is 4.79 Å². The molecular weight excluding hydrogens is 266 g/mol. The van der Waals surface area contributed by atoms with Crippen molar-refractivity contribution in [3.63, 3.8) is 0 Å². The average molecular weight is 281 g/mol. The Labute approximate surface area is 122 Å². The molecular formula is C16H15N3O2. The van der Waals surface area contributed by atoms with E-state index in [1.54, 1.807) is 6.07 Å². The van der Waals surface area contributed by atoms with Gasteiger partial charge in [-0.1, -0.05) is 29.8 Å². The van der Waals surface area contributed by atoms with E-state index in [0.717, 1.165) is 5.56 Å². The lowest BCUT2D eigenvalue weighted by atomic mass is 10.2. The number of rotatable bonds is 1. The first-order valence-electron chi connectivity index (χ1n) is 6.67. The number of hydrogen-bond donors (Lipinski definition) is 2. The molecule has 0 bridgehead atoms. The van der Waals surface area contributed by atoms with Crippen LogP contribution in [0, 0.1) is 6.92 Å². The molecule has 0 fully saturated rings. The molecule has 5 nitrogen and oxygen atoms in total. The molecule has 0 aliphatic carbocycles. The van der Waals surface area contributed by atoms with Gasteiger partial charge in [0.05, 0.1) is 11.4 Å². The largest absolute Gasteiger partial charge is 0.326 e. The number of carbonyl (C=O) groups excluding carboxylic acids is 2. The predicted molar refractivity (Wildman–Crippen MR) is 82.6 cm³/mol. The maximum atomic E-state index is 12.4. The molecule has 3 rings (SSSR count). The third-order valence-electron chi connectivity index (χ3n) is 3.32. The van der Waals surface area contributed by atoms with Crippen molar-refractivity contribution < 1.29 is 9.59 Å². The molecule has 2 N–H and O–H groups in total. The molecule has 0 saturated carbocycles. The molecule has 0 radical (unpaired) electrons. The van der Waals surface area contributed by atoms with Crippen molar-refractivity contribution in [2.75, 3.05) is 22.1 Å². The molecule has 3 amide bonds. The number of nitrogens with one attached hydrogen (secondary N) is 2. The van der Waals surface area contributed by atoms with Gasteiger partial charge < -0.3 is 10.6 Å². The molecule has 1 aliphatic rings. The van der Waals surface area contributed by atoms with Gasteiger partial charge in [-0.2, -0.15) is 0 Å². The maximum absolute atomic E-state index is 12.4. The van der Waals surface area contributed by atoms with Crippen molar-refractivity contribution in [3.8, 4) is 0 Å². The second-order valence-electron chi connectivity index (χ2n) is 4.95. The van der Waals surface area contributed by atoms with Gasteiger partial charge >= 0.3 is 6.03 Å². The molecule has 2 aromatic carbocycles. The lowest BCUT2D eigenvalue weighted by Crippen LogP contribution is -2.44. The fourth-order valence-electron chi connectivity index (χ4n) is 2.24. The Morgan fingerprint density at radius 2 is 1.86 bits per heavy atom. The Morgan fingerprint density at radius 3 is 2.62 bits per heavy atom. The highest BCUT2D eigenvalue weighted by atomic mass is 16.2. The summed E-state index contributed by atoms with van der Waals surface area (Å²) in [6.07, 6.45) is 0. The number of amides is 3. The molecule has 0 saturated heterocycles. The number of fused-ring (bicyclic) bond motifs is 1. The highest BCUT2D eigenvalue weighted by Crippen LogP contribution is 2.29. The third kappa shape index (κ3) is 2.72. The highest BCUT2D eigenvalue weighted by Gasteiger charge is 2.26. The van der Waals surface area contributed by atoms with Crippen LogP contribution in [0.2, 0.25) is 0 Å². The van der Waals surface area contributed by atoms with Crippen molar-refractivity contribution in [1.82, 2.24) is 0 Å². The highest BCUT2D eigenvalue weighted by molar-refractivity contribution is 6.12. The summed E-state index contributed by atoms with van der Waals surface area (Å²) in [4.78, 5) is 25.5. The van der Waals surface area contributed by atoms with Crippen molar-refractivity contribution >= 4 is 29.0 Å². The molecule has 0 unspecified atom stereocenters.